The van der Waals surface area contributed by atoms with Gasteiger partial charge in [-0.2, -0.15) is 4.37 Å². The highest BCUT2D eigenvalue weighted by atomic mass is 32.1. The number of nitrogens with one attached hydrogen (secondary N) is 1. The Morgan fingerprint density at radius 1 is 1.53 bits per heavy atom. The Morgan fingerprint density at radius 3 is 2.95 bits per heavy atom. The predicted octanol–water partition coefficient (Wildman–Crippen LogP) is 2.77. The van der Waals surface area contributed by atoms with Crippen molar-refractivity contribution in [2.75, 3.05) is 5.32 Å². The Kier molecular flexibility index (Phi) is 3.71. The Bertz CT molecular complexity index is 644. The maximum atomic E-state index is 10.8. The fourth-order valence-electron chi connectivity index (χ4n) is 1.30. The number of hydrogen-bond donors (Lipinski definition) is 1. The molecular weight excluding hydrogens is 270 g/mol. The van der Waals surface area contributed by atoms with Crippen LogP contribution >= 0.6 is 11.5 Å². The lowest BCUT2D eigenvalue weighted by atomic mass is 10.3. The van der Waals surface area contributed by atoms with Crippen LogP contribution < -0.4 is 5.32 Å². The predicted molar refractivity (Wildman–Crippen MR) is 70.7 cm³/mol. The molecule has 7 nitrogen and oxygen atoms in total. The van der Waals surface area contributed by atoms with Gasteiger partial charge in [0.2, 0.25) is 5.91 Å². The van der Waals surface area contributed by atoms with Crippen molar-refractivity contribution in [2.45, 2.75) is 6.92 Å². The molecule has 0 aliphatic rings. The minimum absolute atomic E-state index is 0.166. The molecule has 0 saturated carbocycles. The summed E-state index contributed by atoms with van der Waals surface area (Å²) >= 11 is 1.15. The summed E-state index contributed by atoms with van der Waals surface area (Å²) in [6.45, 7) is 1.41. The molecule has 0 saturated heterocycles. The lowest BCUT2D eigenvalue weighted by Gasteiger charge is -1.91. The standard InChI is InChI=1S/C11H9N3O4S/c1-7(15)12-10-6-8(13-19-10)2-3-9-4-5-11(18-9)14(16)17/h2-6H,1H3,(H,12,15)/b3-2+. The minimum Gasteiger partial charge on any atom is -0.401 e. The zero-order valence-electron chi connectivity index (χ0n) is 9.82. The molecule has 1 amide bonds. The van der Waals surface area contributed by atoms with Gasteiger partial charge in [-0.05, 0) is 29.8 Å². The molecule has 2 rings (SSSR count). The SMILES string of the molecule is CC(=O)Nc1cc(/C=C/c2ccc([N+](=O)[O-])o2)ns1. The number of amides is 1. The zero-order valence-corrected chi connectivity index (χ0v) is 10.6. The van der Waals surface area contributed by atoms with Crippen LogP contribution in [0.25, 0.3) is 12.2 Å². The topological polar surface area (TPSA) is 98.3 Å². The van der Waals surface area contributed by atoms with Crippen molar-refractivity contribution in [3.63, 3.8) is 0 Å². The van der Waals surface area contributed by atoms with Gasteiger partial charge in [-0.1, -0.05) is 0 Å². The highest BCUT2D eigenvalue weighted by Gasteiger charge is 2.09. The summed E-state index contributed by atoms with van der Waals surface area (Å²) in [4.78, 5) is 20.7. The molecule has 2 heterocycles. The van der Waals surface area contributed by atoms with Crippen molar-refractivity contribution in [1.82, 2.24) is 4.37 Å². The second-order valence-corrected chi connectivity index (χ2v) is 4.37. The fourth-order valence-corrected chi connectivity index (χ4v) is 1.98. The summed E-state index contributed by atoms with van der Waals surface area (Å²) in [5.74, 6) is -0.113. The number of nitro groups is 1. The first-order chi connectivity index (χ1) is 9.04. The van der Waals surface area contributed by atoms with Gasteiger partial charge in [0, 0.05) is 13.0 Å². The van der Waals surface area contributed by atoms with Crippen LogP contribution in [0.1, 0.15) is 18.4 Å². The van der Waals surface area contributed by atoms with Crippen molar-refractivity contribution in [3.8, 4) is 0 Å². The molecule has 0 aliphatic heterocycles. The number of hydrogen-bond acceptors (Lipinski definition) is 6. The van der Waals surface area contributed by atoms with Crippen molar-refractivity contribution < 1.29 is 14.1 Å². The number of aromatic nitrogens is 1. The van der Waals surface area contributed by atoms with E-state index in [0.29, 0.717) is 16.5 Å². The van der Waals surface area contributed by atoms with E-state index in [0.717, 1.165) is 11.5 Å². The van der Waals surface area contributed by atoms with Gasteiger partial charge >= 0.3 is 5.88 Å². The summed E-state index contributed by atoms with van der Waals surface area (Å²) in [7, 11) is 0. The van der Waals surface area contributed by atoms with Crippen LogP contribution in [0.4, 0.5) is 10.9 Å². The van der Waals surface area contributed by atoms with E-state index in [9.17, 15) is 14.9 Å². The normalized spacial score (nSPS) is 10.8. The van der Waals surface area contributed by atoms with Gasteiger partial charge in [-0.15, -0.1) is 0 Å². The van der Waals surface area contributed by atoms with Gasteiger partial charge in [0.25, 0.3) is 0 Å². The van der Waals surface area contributed by atoms with Crippen molar-refractivity contribution in [1.29, 1.82) is 0 Å². The first kappa shape index (κ1) is 13.0. The number of nitrogens with zero attached hydrogens (tertiary/aromatic N) is 2. The van der Waals surface area contributed by atoms with Crippen LogP contribution in [0.2, 0.25) is 0 Å². The molecule has 0 radical (unpaired) electrons. The lowest BCUT2D eigenvalue weighted by molar-refractivity contribution is -0.402. The lowest BCUT2D eigenvalue weighted by Crippen LogP contribution is -2.03. The summed E-state index contributed by atoms with van der Waals surface area (Å²) in [6, 6.07) is 4.47. The van der Waals surface area contributed by atoms with Crippen LogP contribution in [0.3, 0.4) is 0 Å². The van der Waals surface area contributed by atoms with E-state index in [1.807, 2.05) is 0 Å². The first-order valence-corrected chi connectivity index (χ1v) is 5.98. The Balaban J connectivity index is 2.07. The maximum Gasteiger partial charge on any atom is 0.433 e. The monoisotopic (exact) mass is 279 g/mol. The average molecular weight is 279 g/mol. The van der Waals surface area contributed by atoms with Crippen molar-refractivity contribution >= 4 is 40.5 Å². The van der Waals surface area contributed by atoms with Gasteiger partial charge < -0.3 is 9.73 Å². The van der Waals surface area contributed by atoms with Crippen molar-refractivity contribution in [2.24, 2.45) is 0 Å². The van der Waals surface area contributed by atoms with Gasteiger partial charge in [-0.25, -0.2) is 0 Å². The molecule has 98 valence electrons. The van der Waals surface area contributed by atoms with E-state index >= 15 is 0 Å². The molecular formula is C11H9N3O4S. The number of furan rings is 1. The van der Waals surface area contributed by atoms with Crippen molar-refractivity contribution in [3.05, 3.63) is 39.8 Å². The van der Waals surface area contributed by atoms with Gasteiger partial charge in [0.1, 0.15) is 15.7 Å². The quantitative estimate of drug-likeness (QED) is 0.685. The maximum absolute atomic E-state index is 10.8. The molecule has 0 aromatic carbocycles. The zero-order chi connectivity index (χ0) is 13.8. The van der Waals surface area contributed by atoms with Crippen LogP contribution in [0.5, 0.6) is 0 Å². The molecule has 0 aliphatic carbocycles. The van der Waals surface area contributed by atoms with E-state index in [1.54, 1.807) is 18.2 Å². The van der Waals surface area contributed by atoms with Crippen LogP contribution in [-0.2, 0) is 4.79 Å². The molecule has 0 fully saturated rings. The molecule has 8 heteroatoms. The van der Waals surface area contributed by atoms with Crippen LogP contribution in [-0.4, -0.2) is 15.2 Å². The second kappa shape index (κ2) is 5.44. The molecule has 1 N–H and O–H groups in total. The third-order valence-corrected chi connectivity index (χ3v) is 2.76. The van der Waals surface area contributed by atoms with Crippen LogP contribution in [0, 0.1) is 10.1 Å². The van der Waals surface area contributed by atoms with E-state index in [1.165, 1.54) is 19.1 Å². The smallest absolute Gasteiger partial charge is 0.401 e. The number of carbonyl (C=O) groups excluding carboxylic acids is 1. The van der Waals surface area contributed by atoms with E-state index in [-0.39, 0.29) is 11.8 Å². The molecule has 2 aromatic rings. The van der Waals surface area contributed by atoms with E-state index < -0.39 is 4.92 Å². The fraction of sp³-hybridized carbons (Fsp3) is 0.0909. The van der Waals surface area contributed by atoms with E-state index in [2.05, 4.69) is 9.69 Å². The molecule has 2 aromatic heterocycles. The Morgan fingerprint density at radius 2 is 2.32 bits per heavy atom. The Hall–Kier alpha value is -2.48. The van der Waals surface area contributed by atoms with Gasteiger partial charge in [0.05, 0.1) is 11.8 Å². The minimum atomic E-state index is -0.602. The van der Waals surface area contributed by atoms with E-state index in [4.69, 9.17) is 4.42 Å². The molecule has 0 spiro atoms. The highest BCUT2D eigenvalue weighted by Crippen LogP contribution is 2.20. The highest BCUT2D eigenvalue weighted by molar-refractivity contribution is 7.10. The third kappa shape index (κ3) is 3.49. The van der Waals surface area contributed by atoms with Gasteiger partial charge in [0.15, 0.2) is 0 Å². The summed E-state index contributed by atoms with van der Waals surface area (Å²) < 4.78 is 9.05. The summed E-state index contributed by atoms with van der Waals surface area (Å²) in [6.07, 6.45) is 3.21. The largest absolute Gasteiger partial charge is 0.433 e. The van der Waals surface area contributed by atoms with Gasteiger partial charge in [-0.3, -0.25) is 14.9 Å². The summed E-state index contributed by atoms with van der Waals surface area (Å²) in [5.41, 5.74) is 0.632. The first-order valence-electron chi connectivity index (χ1n) is 5.21. The number of carbonyl (C=O) groups is 1. The average Bonchev–Trinajstić information content (AvgIpc) is 2.94. The molecule has 0 unspecified atom stereocenters. The number of anilines is 1. The molecule has 19 heavy (non-hydrogen) atoms. The third-order valence-electron chi connectivity index (χ3n) is 2.04. The Labute approximate surface area is 111 Å². The number of rotatable bonds is 4. The second-order valence-electron chi connectivity index (χ2n) is 3.56. The van der Waals surface area contributed by atoms with Crippen LogP contribution in [0.15, 0.2) is 22.6 Å². The molecule has 0 bridgehead atoms. The molecule has 0 atom stereocenters. The summed E-state index contributed by atoms with van der Waals surface area (Å²) in [5, 5.41) is 13.7.